The highest BCUT2D eigenvalue weighted by molar-refractivity contribution is 9.10. The van der Waals surface area contributed by atoms with Crippen molar-refractivity contribution < 1.29 is 14.3 Å². The van der Waals surface area contributed by atoms with Gasteiger partial charge >= 0.3 is 0 Å². The third kappa shape index (κ3) is 5.52. The predicted octanol–water partition coefficient (Wildman–Crippen LogP) is 4.22. The summed E-state index contributed by atoms with van der Waals surface area (Å²) in [6.07, 6.45) is 0. The molecule has 0 unspecified atom stereocenters. The molecule has 2 aromatic rings. The summed E-state index contributed by atoms with van der Waals surface area (Å²) < 4.78 is 11.4. The number of rotatable bonds is 6. The Labute approximate surface area is 167 Å². The largest absolute Gasteiger partial charge is 0.490 e. The first-order valence-electron chi connectivity index (χ1n) is 8.02. The van der Waals surface area contributed by atoms with Crippen LogP contribution >= 0.6 is 28.1 Å². The van der Waals surface area contributed by atoms with E-state index in [0.29, 0.717) is 24.5 Å². The minimum atomic E-state index is -0.346. The van der Waals surface area contributed by atoms with Crippen LogP contribution in [0.2, 0.25) is 0 Å². The van der Waals surface area contributed by atoms with Gasteiger partial charge in [-0.2, -0.15) is 0 Å². The Morgan fingerprint density at radius 3 is 2.69 bits per heavy atom. The first kappa shape index (κ1) is 20.4. The van der Waals surface area contributed by atoms with E-state index < -0.39 is 0 Å². The van der Waals surface area contributed by atoms with Crippen LogP contribution in [0.25, 0.3) is 0 Å². The van der Waals surface area contributed by atoms with Gasteiger partial charge in [-0.1, -0.05) is 28.1 Å². The molecule has 0 aliphatic carbocycles. The molecule has 1 amide bonds. The number of carbonyl (C=O) groups is 1. The van der Waals surface area contributed by atoms with Crippen LogP contribution in [0.1, 0.15) is 21.5 Å². The maximum atomic E-state index is 12.6. The Balaban J connectivity index is 2.10. The molecular formula is C19H21BrN2O3S. The number of ether oxygens (including phenoxy) is 2. The summed E-state index contributed by atoms with van der Waals surface area (Å²) in [6.45, 7) is 4.80. The van der Waals surface area contributed by atoms with Gasteiger partial charge < -0.3 is 14.8 Å². The Morgan fingerprint density at radius 2 is 1.96 bits per heavy atom. The molecule has 138 valence electrons. The predicted molar refractivity (Wildman–Crippen MR) is 111 cm³/mol. The average molecular weight is 437 g/mol. The maximum absolute atomic E-state index is 12.6. The molecule has 0 bridgehead atoms. The summed E-state index contributed by atoms with van der Waals surface area (Å²) in [6, 6.07) is 11.1. The van der Waals surface area contributed by atoms with E-state index in [1.165, 1.54) is 0 Å². The lowest BCUT2D eigenvalue weighted by Crippen LogP contribution is -2.34. The van der Waals surface area contributed by atoms with Crippen LogP contribution in [-0.4, -0.2) is 31.3 Å². The van der Waals surface area contributed by atoms with Crippen molar-refractivity contribution >= 4 is 44.9 Å². The standard InChI is InChI=1S/C19H21BrN2O3S/c1-12-5-4-6-16(13(12)2)21-19(26)22-18(23)15-11-14(20)7-8-17(15)25-10-9-24-3/h4-8,11H,9-10H2,1-3H3,(H2,21,22,23,26). The van der Waals surface area contributed by atoms with Crippen molar-refractivity contribution in [3.8, 4) is 5.75 Å². The number of aryl methyl sites for hydroxylation is 1. The van der Waals surface area contributed by atoms with Crippen molar-refractivity contribution in [2.75, 3.05) is 25.6 Å². The first-order valence-corrected chi connectivity index (χ1v) is 9.22. The molecule has 2 aromatic carbocycles. The van der Waals surface area contributed by atoms with Gasteiger partial charge in [0.2, 0.25) is 0 Å². The van der Waals surface area contributed by atoms with Crippen molar-refractivity contribution in [2.24, 2.45) is 0 Å². The van der Waals surface area contributed by atoms with Gasteiger partial charge in [-0.25, -0.2) is 0 Å². The molecule has 0 atom stereocenters. The number of hydrogen-bond donors (Lipinski definition) is 2. The molecule has 0 aromatic heterocycles. The number of hydrogen-bond acceptors (Lipinski definition) is 4. The number of amides is 1. The van der Waals surface area contributed by atoms with Crippen molar-refractivity contribution in [3.05, 3.63) is 57.6 Å². The summed E-state index contributed by atoms with van der Waals surface area (Å²) in [5.41, 5.74) is 3.47. The molecule has 0 aliphatic heterocycles. The molecule has 2 N–H and O–H groups in total. The van der Waals surface area contributed by atoms with Crippen LogP contribution in [0, 0.1) is 13.8 Å². The summed E-state index contributed by atoms with van der Waals surface area (Å²) in [5.74, 6) is 0.124. The van der Waals surface area contributed by atoms with E-state index in [-0.39, 0.29) is 11.0 Å². The van der Waals surface area contributed by atoms with Crippen LogP contribution in [0.4, 0.5) is 5.69 Å². The number of carbonyl (C=O) groups excluding carboxylic acids is 1. The normalized spacial score (nSPS) is 10.3. The van der Waals surface area contributed by atoms with Gasteiger partial charge in [0.25, 0.3) is 5.91 Å². The second kappa shape index (κ2) is 9.66. The maximum Gasteiger partial charge on any atom is 0.261 e. The lowest BCUT2D eigenvalue weighted by Gasteiger charge is -2.15. The molecule has 0 saturated heterocycles. The third-order valence-electron chi connectivity index (χ3n) is 3.81. The van der Waals surface area contributed by atoms with E-state index in [1.54, 1.807) is 19.2 Å². The zero-order valence-corrected chi connectivity index (χ0v) is 17.3. The number of thiocarbonyl (C=S) groups is 1. The van der Waals surface area contributed by atoms with E-state index in [9.17, 15) is 4.79 Å². The van der Waals surface area contributed by atoms with Crippen LogP contribution in [0.3, 0.4) is 0 Å². The van der Waals surface area contributed by atoms with E-state index >= 15 is 0 Å². The monoisotopic (exact) mass is 436 g/mol. The van der Waals surface area contributed by atoms with Gasteiger partial charge in [-0.3, -0.25) is 10.1 Å². The van der Waals surface area contributed by atoms with E-state index in [4.69, 9.17) is 21.7 Å². The third-order valence-corrected chi connectivity index (χ3v) is 4.51. The average Bonchev–Trinajstić information content (AvgIpc) is 2.60. The Hall–Kier alpha value is -1.96. The second-order valence-corrected chi connectivity index (χ2v) is 6.96. The molecule has 5 nitrogen and oxygen atoms in total. The summed E-state index contributed by atoms with van der Waals surface area (Å²) in [4.78, 5) is 12.6. The highest BCUT2D eigenvalue weighted by atomic mass is 79.9. The Bertz CT molecular complexity index is 811. The molecule has 2 rings (SSSR count). The molecule has 7 heteroatoms. The molecule has 0 aliphatic rings. The van der Waals surface area contributed by atoms with Crippen LogP contribution in [0.5, 0.6) is 5.75 Å². The highest BCUT2D eigenvalue weighted by Crippen LogP contribution is 2.23. The molecule has 26 heavy (non-hydrogen) atoms. The Morgan fingerprint density at radius 1 is 1.19 bits per heavy atom. The van der Waals surface area contributed by atoms with Crippen LogP contribution in [-0.2, 0) is 4.74 Å². The smallest absolute Gasteiger partial charge is 0.261 e. The van der Waals surface area contributed by atoms with Crippen molar-refractivity contribution in [1.82, 2.24) is 5.32 Å². The molecule has 0 saturated carbocycles. The fraction of sp³-hybridized carbons (Fsp3) is 0.263. The fourth-order valence-electron chi connectivity index (χ4n) is 2.25. The Kier molecular flexibility index (Phi) is 7.56. The van der Waals surface area contributed by atoms with Gasteiger partial charge in [0, 0.05) is 17.3 Å². The van der Waals surface area contributed by atoms with E-state index in [0.717, 1.165) is 21.3 Å². The number of halogens is 1. The minimum absolute atomic E-state index is 0.228. The van der Waals surface area contributed by atoms with Crippen molar-refractivity contribution in [1.29, 1.82) is 0 Å². The number of benzene rings is 2. The van der Waals surface area contributed by atoms with Gasteiger partial charge in [-0.15, -0.1) is 0 Å². The topological polar surface area (TPSA) is 59.6 Å². The number of anilines is 1. The zero-order valence-electron chi connectivity index (χ0n) is 14.9. The lowest BCUT2D eigenvalue weighted by molar-refractivity contribution is 0.0969. The second-order valence-electron chi connectivity index (χ2n) is 5.64. The first-order chi connectivity index (χ1) is 12.4. The lowest BCUT2D eigenvalue weighted by atomic mass is 10.1. The summed E-state index contributed by atoms with van der Waals surface area (Å²) >= 11 is 8.66. The van der Waals surface area contributed by atoms with Gasteiger partial charge in [0.15, 0.2) is 5.11 Å². The minimum Gasteiger partial charge on any atom is -0.490 e. The molecule has 0 fully saturated rings. The molecule has 0 radical (unpaired) electrons. The highest BCUT2D eigenvalue weighted by Gasteiger charge is 2.15. The van der Waals surface area contributed by atoms with E-state index in [1.807, 2.05) is 38.1 Å². The SMILES string of the molecule is COCCOc1ccc(Br)cc1C(=O)NC(=S)Nc1cccc(C)c1C. The van der Waals surface area contributed by atoms with Gasteiger partial charge in [0.05, 0.1) is 12.2 Å². The van der Waals surface area contributed by atoms with Gasteiger partial charge in [-0.05, 0) is 61.5 Å². The van der Waals surface area contributed by atoms with Crippen molar-refractivity contribution in [2.45, 2.75) is 13.8 Å². The van der Waals surface area contributed by atoms with Crippen LogP contribution in [0.15, 0.2) is 40.9 Å². The van der Waals surface area contributed by atoms with Gasteiger partial charge in [0.1, 0.15) is 12.4 Å². The summed E-state index contributed by atoms with van der Waals surface area (Å²) in [7, 11) is 1.59. The zero-order chi connectivity index (χ0) is 19.1. The molecular weight excluding hydrogens is 416 g/mol. The fourth-order valence-corrected chi connectivity index (χ4v) is 2.81. The molecule has 0 spiro atoms. The number of methoxy groups -OCH3 is 1. The van der Waals surface area contributed by atoms with Crippen molar-refractivity contribution in [3.63, 3.8) is 0 Å². The molecule has 0 heterocycles. The quantitative estimate of drug-likeness (QED) is 0.524. The summed E-state index contributed by atoms with van der Waals surface area (Å²) in [5, 5.41) is 5.99. The number of nitrogens with one attached hydrogen (secondary N) is 2. The van der Waals surface area contributed by atoms with Crippen LogP contribution < -0.4 is 15.4 Å². The van der Waals surface area contributed by atoms with E-state index in [2.05, 4.69) is 26.6 Å².